The predicted octanol–water partition coefficient (Wildman–Crippen LogP) is 2.88. The molecule has 0 atom stereocenters. The maximum Gasteiger partial charge on any atom is 0.276 e. The molecule has 3 rings (SSSR count). The third kappa shape index (κ3) is 6.56. The molecule has 0 aliphatic rings. The topological polar surface area (TPSA) is 114 Å². The van der Waals surface area contributed by atoms with Crippen LogP contribution in [-0.4, -0.2) is 45.2 Å². The molecule has 2 amide bonds. The number of hydrogen-bond acceptors (Lipinski definition) is 6. The molecule has 34 heavy (non-hydrogen) atoms. The van der Waals surface area contributed by atoms with Gasteiger partial charge < -0.3 is 9.47 Å². The second-order valence-electron chi connectivity index (χ2n) is 7.49. The van der Waals surface area contributed by atoms with E-state index in [2.05, 4.69) is 10.9 Å². The second-order valence-corrected chi connectivity index (χ2v) is 9.64. The van der Waals surface area contributed by atoms with Gasteiger partial charge in [0.05, 0.1) is 4.90 Å². The van der Waals surface area contributed by atoms with Crippen LogP contribution < -0.4 is 20.3 Å². The molecule has 2 N–H and O–H groups in total. The van der Waals surface area contributed by atoms with E-state index in [0.717, 1.165) is 9.87 Å². The van der Waals surface area contributed by atoms with Gasteiger partial charge in [-0.15, -0.1) is 0 Å². The highest BCUT2D eigenvalue weighted by atomic mass is 32.2. The molecular weight excluding hydrogens is 458 g/mol. The zero-order valence-electron chi connectivity index (χ0n) is 18.9. The maximum absolute atomic E-state index is 12.3. The van der Waals surface area contributed by atoms with E-state index in [1.807, 2.05) is 31.2 Å². The molecule has 0 unspecified atom stereocenters. The summed E-state index contributed by atoms with van der Waals surface area (Å²) in [6.07, 6.45) is 0. The minimum absolute atomic E-state index is 0.0328. The van der Waals surface area contributed by atoms with Crippen molar-refractivity contribution in [3.8, 4) is 17.2 Å². The summed E-state index contributed by atoms with van der Waals surface area (Å²) in [6, 6.07) is 19.9. The molecule has 0 saturated heterocycles. The Balaban J connectivity index is 1.48. The van der Waals surface area contributed by atoms with Gasteiger partial charge >= 0.3 is 0 Å². The van der Waals surface area contributed by atoms with Crippen LogP contribution in [0.5, 0.6) is 17.2 Å². The van der Waals surface area contributed by atoms with Gasteiger partial charge in [-0.1, -0.05) is 23.8 Å². The Kier molecular flexibility index (Phi) is 7.87. The van der Waals surface area contributed by atoms with Crippen molar-refractivity contribution < 1.29 is 27.5 Å². The van der Waals surface area contributed by atoms with Crippen molar-refractivity contribution in [3.63, 3.8) is 0 Å². The molecule has 0 fully saturated rings. The molecule has 3 aromatic carbocycles. The largest absolute Gasteiger partial charge is 0.484 e. The van der Waals surface area contributed by atoms with Gasteiger partial charge in [0.2, 0.25) is 10.0 Å². The van der Waals surface area contributed by atoms with Crippen LogP contribution in [0.3, 0.4) is 0 Å². The molecule has 0 aliphatic carbocycles. The zero-order valence-corrected chi connectivity index (χ0v) is 19.8. The Morgan fingerprint density at radius 2 is 1.44 bits per heavy atom. The third-order valence-electron chi connectivity index (χ3n) is 4.64. The van der Waals surface area contributed by atoms with Gasteiger partial charge in [0.15, 0.2) is 6.61 Å². The zero-order chi connectivity index (χ0) is 24.7. The number of aryl methyl sites for hydroxylation is 1. The number of rotatable bonds is 8. The Bertz CT molecular complexity index is 1260. The van der Waals surface area contributed by atoms with Crippen molar-refractivity contribution in [3.05, 3.63) is 83.9 Å². The smallest absolute Gasteiger partial charge is 0.276 e. The lowest BCUT2D eigenvalue weighted by atomic mass is 10.2. The van der Waals surface area contributed by atoms with Gasteiger partial charge in [0, 0.05) is 19.7 Å². The molecule has 0 aromatic heterocycles. The fraction of sp³-hybridized carbons (Fsp3) is 0.167. The van der Waals surface area contributed by atoms with E-state index < -0.39 is 21.8 Å². The fourth-order valence-corrected chi connectivity index (χ4v) is 3.69. The lowest BCUT2D eigenvalue weighted by Gasteiger charge is -2.13. The van der Waals surface area contributed by atoms with Crippen molar-refractivity contribution in [2.75, 3.05) is 20.7 Å². The summed E-state index contributed by atoms with van der Waals surface area (Å²) in [4.78, 5) is 24.3. The number of nitrogens with one attached hydrogen (secondary N) is 2. The average molecular weight is 484 g/mol. The maximum atomic E-state index is 12.3. The molecule has 9 nitrogen and oxygen atoms in total. The van der Waals surface area contributed by atoms with Crippen molar-refractivity contribution in [1.82, 2.24) is 15.2 Å². The highest BCUT2D eigenvalue weighted by molar-refractivity contribution is 7.89. The molecule has 0 spiro atoms. The number of carbonyl (C=O) groups excluding carboxylic acids is 2. The second kappa shape index (κ2) is 10.8. The summed E-state index contributed by atoms with van der Waals surface area (Å²) < 4.78 is 36.6. The third-order valence-corrected chi connectivity index (χ3v) is 6.45. The van der Waals surface area contributed by atoms with Crippen LogP contribution in [0.4, 0.5) is 0 Å². The van der Waals surface area contributed by atoms with Crippen LogP contribution in [0.25, 0.3) is 0 Å². The highest BCUT2D eigenvalue weighted by Gasteiger charge is 2.19. The minimum Gasteiger partial charge on any atom is -0.484 e. The van der Waals surface area contributed by atoms with Crippen LogP contribution >= 0.6 is 0 Å². The van der Waals surface area contributed by atoms with E-state index in [0.29, 0.717) is 17.2 Å². The monoisotopic (exact) mass is 483 g/mol. The Morgan fingerprint density at radius 1 is 0.853 bits per heavy atom. The first-order chi connectivity index (χ1) is 16.1. The van der Waals surface area contributed by atoms with Crippen LogP contribution in [0.2, 0.25) is 0 Å². The summed E-state index contributed by atoms with van der Waals surface area (Å²) in [5, 5.41) is 0. The van der Waals surface area contributed by atoms with Gasteiger partial charge in [0.25, 0.3) is 11.8 Å². The van der Waals surface area contributed by atoms with Gasteiger partial charge in [-0.3, -0.25) is 20.4 Å². The highest BCUT2D eigenvalue weighted by Crippen LogP contribution is 2.24. The number of benzene rings is 3. The summed E-state index contributed by atoms with van der Waals surface area (Å²) in [7, 11) is -0.898. The first kappa shape index (κ1) is 24.7. The lowest BCUT2D eigenvalue weighted by molar-refractivity contribution is -0.123. The molecule has 0 saturated carbocycles. The summed E-state index contributed by atoms with van der Waals surface area (Å²) >= 11 is 0. The molecule has 10 heteroatoms. The number of ether oxygens (including phenoxy) is 2. The van der Waals surface area contributed by atoms with E-state index in [4.69, 9.17) is 9.47 Å². The lowest BCUT2D eigenvalue weighted by Crippen LogP contribution is -2.43. The normalized spacial score (nSPS) is 11.1. The molecule has 0 radical (unpaired) electrons. The standard InChI is InChI=1S/C24H25N3O6S/c1-17-7-9-20(10-8-17)33-21-13-11-19(12-14-21)32-16-23(28)25-26-24(29)18-5-4-6-22(15-18)34(30,31)27(2)3/h4-15H,16H2,1-3H3,(H,25,28)(H,26,29). The average Bonchev–Trinajstić information content (AvgIpc) is 2.83. The van der Waals surface area contributed by atoms with Crippen molar-refractivity contribution in [2.24, 2.45) is 0 Å². The summed E-state index contributed by atoms with van der Waals surface area (Å²) in [6.45, 7) is 1.65. The van der Waals surface area contributed by atoms with Crippen LogP contribution in [0, 0.1) is 6.92 Å². The van der Waals surface area contributed by atoms with Gasteiger partial charge in [0.1, 0.15) is 17.2 Å². The van der Waals surface area contributed by atoms with Crippen molar-refractivity contribution >= 4 is 21.8 Å². The van der Waals surface area contributed by atoms with Crippen LogP contribution in [0.15, 0.2) is 77.7 Å². The first-order valence-electron chi connectivity index (χ1n) is 10.2. The molecule has 0 bridgehead atoms. The summed E-state index contributed by atoms with van der Waals surface area (Å²) in [5.41, 5.74) is 5.68. The fourth-order valence-electron chi connectivity index (χ4n) is 2.74. The van der Waals surface area contributed by atoms with Crippen LogP contribution in [0.1, 0.15) is 15.9 Å². The number of hydrogen-bond donors (Lipinski definition) is 2. The minimum atomic E-state index is -3.69. The van der Waals surface area contributed by atoms with Crippen molar-refractivity contribution in [1.29, 1.82) is 0 Å². The SMILES string of the molecule is Cc1ccc(Oc2ccc(OCC(=O)NNC(=O)c3cccc(S(=O)(=O)N(C)C)c3)cc2)cc1. The van der Waals surface area contributed by atoms with Crippen LogP contribution in [-0.2, 0) is 14.8 Å². The quantitative estimate of drug-likeness (QED) is 0.476. The molecule has 3 aromatic rings. The molecular formula is C24H25N3O6S. The number of hydrazine groups is 1. The number of nitrogens with zero attached hydrogens (tertiary/aromatic N) is 1. The molecule has 178 valence electrons. The van der Waals surface area contributed by atoms with E-state index in [9.17, 15) is 18.0 Å². The molecule has 0 aliphatic heterocycles. The van der Waals surface area contributed by atoms with E-state index in [1.54, 1.807) is 24.3 Å². The number of carbonyl (C=O) groups is 2. The Morgan fingerprint density at radius 3 is 2.06 bits per heavy atom. The number of sulfonamides is 1. The van der Waals surface area contributed by atoms with Crippen molar-refractivity contribution in [2.45, 2.75) is 11.8 Å². The van der Waals surface area contributed by atoms with Gasteiger partial charge in [-0.25, -0.2) is 12.7 Å². The summed E-state index contributed by atoms with van der Waals surface area (Å²) in [5.74, 6) is 0.511. The van der Waals surface area contributed by atoms with E-state index in [1.165, 1.54) is 38.4 Å². The van der Waals surface area contributed by atoms with Gasteiger partial charge in [-0.05, 0) is 61.5 Å². The first-order valence-corrected chi connectivity index (χ1v) is 11.7. The number of amides is 2. The Hall–Kier alpha value is -3.89. The van der Waals surface area contributed by atoms with E-state index >= 15 is 0 Å². The Labute approximate surface area is 198 Å². The van der Waals surface area contributed by atoms with Gasteiger partial charge in [-0.2, -0.15) is 0 Å². The molecule has 0 heterocycles. The predicted molar refractivity (Wildman–Crippen MR) is 126 cm³/mol. The van der Waals surface area contributed by atoms with E-state index in [-0.39, 0.29) is 17.1 Å².